The summed E-state index contributed by atoms with van der Waals surface area (Å²) in [6.45, 7) is 6.06. The standard InChI is InChI=1S/C14H21ClN2O2S/c1-3-16-10-12-6-7-13(9-14(12)15)20(18,19)17-8-4-5-11(17)2/h6-7,9,11,16H,3-5,8,10H2,1-2H3. The van der Waals surface area contributed by atoms with Gasteiger partial charge in [0.05, 0.1) is 4.90 Å². The third kappa shape index (κ3) is 3.17. The van der Waals surface area contributed by atoms with E-state index in [1.807, 2.05) is 13.8 Å². The van der Waals surface area contributed by atoms with Crippen LogP contribution in [0.15, 0.2) is 23.1 Å². The molecular weight excluding hydrogens is 296 g/mol. The first-order valence-corrected chi connectivity index (χ1v) is 8.79. The van der Waals surface area contributed by atoms with E-state index in [-0.39, 0.29) is 10.9 Å². The smallest absolute Gasteiger partial charge is 0.243 e. The second kappa shape index (κ2) is 6.43. The van der Waals surface area contributed by atoms with Gasteiger partial charge in [-0.25, -0.2) is 8.42 Å². The van der Waals surface area contributed by atoms with Crippen LogP contribution in [0.1, 0.15) is 32.3 Å². The lowest BCUT2D eigenvalue weighted by molar-refractivity contribution is 0.408. The summed E-state index contributed by atoms with van der Waals surface area (Å²) < 4.78 is 26.7. The number of sulfonamides is 1. The molecule has 1 fully saturated rings. The van der Waals surface area contributed by atoms with E-state index < -0.39 is 10.0 Å². The summed E-state index contributed by atoms with van der Waals surface area (Å²) in [6.07, 6.45) is 1.85. The van der Waals surface area contributed by atoms with Crippen molar-refractivity contribution in [3.05, 3.63) is 28.8 Å². The summed E-state index contributed by atoms with van der Waals surface area (Å²) in [6, 6.07) is 5.08. The van der Waals surface area contributed by atoms with Crippen LogP contribution in [0.25, 0.3) is 0 Å². The molecule has 2 rings (SSSR count). The Labute approximate surface area is 126 Å². The van der Waals surface area contributed by atoms with E-state index >= 15 is 0 Å². The van der Waals surface area contributed by atoms with E-state index in [0.29, 0.717) is 18.1 Å². The number of hydrogen-bond donors (Lipinski definition) is 1. The average Bonchev–Trinajstić information content (AvgIpc) is 2.84. The van der Waals surface area contributed by atoms with Gasteiger partial charge < -0.3 is 5.32 Å². The highest BCUT2D eigenvalue weighted by molar-refractivity contribution is 7.89. The van der Waals surface area contributed by atoms with Crippen LogP contribution in [0, 0.1) is 0 Å². The van der Waals surface area contributed by atoms with Gasteiger partial charge in [0.15, 0.2) is 0 Å². The van der Waals surface area contributed by atoms with Crippen molar-refractivity contribution in [2.45, 2.75) is 44.2 Å². The van der Waals surface area contributed by atoms with E-state index in [9.17, 15) is 8.42 Å². The number of rotatable bonds is 5. The fraction of sp³-hybridized carbons (Fsp3) is 0.571. The van der Waals surface area contributed by atoms with Crippen molar-refractivity contribution in [2.24, 2.45) is 0 Å². The Morgan fingerprint density at radius 2 is 2.20 bits per heavy atom. The minimum atomic E-state index is -3.42. The Balaban J connectivity index is 2.26. The van der Waals surface area contributed by atoms with Crippen molar-refractivity contribution in [2.75, 3.05) is 13.1 Å². The molecule has 1 aliphatic rings. The zero-order chi connectivity index (χ0) is 14.8. The molecule has 4 nitrogen and oxygen atoms in total. The second-order valence-electron chi connectivity index (χ2n) is 5.14. The van der Waals surface area contributed by atoms with Crippen molar-refractivity contribution in [1.29, 1.82) is 0 Å². The maximum atomic E-state index is 12.6. The minimum Gasteiger partial charge on any atom is -0.313 e. The van der Waals surface area contributed by atoms with Crippen LogP contribution in [-0.2, 0) is 16.6 Å². The topological polar surface area (TPSA) is 49.4 Å². The fourth-order valence-corrected chi connectivity index (χ4v) is 4.53. The number of hydrogen-bond acceptors (Lipinski definition) is 3. The average molecular weight is 317 g/mol. The predicted molar refractivity (Wildman–Crippen MR) is 81.4 cm³/mol. The number of nitrogens with one attached hydrogen (secondary N) is 1. The summed E-state index contributed by atoms with van der Waals surface area (Å²) >= 11 is 6.19. The van der Waals surface area contributed by atoms with Gasteiger partial charge in [-0.05, 0) is 44.0 Å². The molecule has 1 aromatic rings. The van der Waals surface area contributed by atoms with E-state index in [4.69, 9.17) is 11.6 Å². The van der Waals surface area contributed by atoms with Gasteiger partial charge in [0.2, 0.25) is 10.0 Å². The normalized spacial score (nSPS) is 20.4. The minimum absolute atomic E-state index is 0.0696. The maximum Gasteiger partial charge on any atom is 0.243 e. The molecular formula is C14H21ClN2O2S. The zero-order valence-corrected chi connectivity index (χ0v) is 13.5. The molecule has 0 aliphatic carbocycles. The monoisotopic (exact) mass is 316 g/mol. The Kier molecular flexibility index (Phi) is 5.07. The number of halogens is 1. The van der Waals surface area contributed by atoms with Crippen molar-refractivity contribution in [3.63, 3.8) is 0 Å². The molecule has 0 radical (unpaired) electrons. The van der Waals surface area contributed by atoms with E-state index in [2.05, 4.69) is 5.32 Å². The Morgan fingerprint density at radius 1 is 1.45 bits per heavy atom. The van der Waals surface area contributed by atoms with Crippen LogP contribution < -0.4 is 5.32 Å². The Bertz CT molecular complexity index is 575. The van der Waals surface area contributed by atoms with Gasteiger partial charge >= 0.3 is 0 Å². The van der Waals surface area contributed by atoms with E-state index in [1.54, 1.807) is 22.5 Å². The molecule has 0 amide bonds. The molecule has 20 heavy (non-hydrogen) atoms. The Morgan fingerprint density at radius 3 is 2.75 bits per heavy atom. The molecule has 6 heteroatoms. The first kappa shape index (κ1) is 15.8. The molecule has 0 bridgehead atoms. The largest absolute Gasteiger partial charge is 0.313 e. The van der Waals surface area contributed by atoms with Crippen LogP contribution >= 0.6 is 11.6 Å². The van der Waals surface area contributed by atoms with Crippen molar-refractivity contribution in [1.82, 2.24) is 9.62 Å². The molecule has 1 heterocycles. The molecule has 0 spiro atoms. The van der Waals surface area contributed by atoms with Gasteiger partial charge in [-0.2, -0.15) is 4.31 Å². The molecule has 0 aromatic heterocycles. The lowest BCUT2D eigenvalue weighted by atomic mass is 10.2. The molecule has 1 saturated heterocycles. The highest BCUT2D eigenvalue weighted by Crippen LogP contribution is 2.28. The zero-order valence-electron chi connectivity index (χ0n) is 11.9. The molecule has 1 N–H and O–H groups in total. The first-order valence-electron chi connectivity index (χ1n) is 6.97. The molecule has 1 aliphatic heterocycles. The van der Waals surface area contributed by atoms with Crippen molar-refractivity contribution < 1.29 is 8.42 Å². The first-order chi connectivity index (χ1) is 9.46. The lowest BCUT2D eigenvalue weighted by Gasteiger charge is -2.21. The highest BCUT2D eigenvalue weighted by Gasteiger charge is 2.32. The molecule has 1 atom stereocenters. The third-order valence-corrected chi connectivity index (χ3v) is 6.05. The van der Waals surface area contributed by atoms with Gasteiger partial charge in [0.25, 0.3) is 0 Å². The van der Waals surface area contributed by atoms with Crippen molar-refractivity contribution in [3.8, 4) is 0 Å². The van der Waals surface area contributed by atoms with E-state index in [0.717, 1.165) is 24.9 Å². The molecule has 1 aromatic carbocycles. The van der Waals surface area contributed by atoms with Gasteiger partial charge in [0, 0.05) is 24.2 Å². The van der Waals surface area contributed by atoms with Crippen LogP contribution in [0.5, 0.6) is 0 Å². The van der Waals surface area contributed by atoms with Crippen LogP contribution in [0.3, 0.4) is 0 Å². The second-order valence-corrected chi connectivity index (χ2v) is 7.44. The van der Waals surface area contributed by atoms with Crippen LogP contribution in [-0.4, -0.2) is 31.9 Å². The van der Waals surface area contributed by atoms with Gasteiger partial charge in [-0.3, -0.25) is 0 Å². The van der Waals surface area contributed by atoms with Gasteiger partial charge in [-0.1, -0.05) is 24.6 Å². The maximum absolute atomic E-state index is 12.6. The molecule has 112 valence electrons. The number of benzene rings is 1. The molecule has 0 saturated carbocycles. The summed E-state index contributed by atoms with van der Waals surface area (Å²) in [5.74, 6) is 0. The van der Waals surface area contributed by atoms with Crippen molar-refractivity contribution >= 4 is 21.6 Å². The van der Waals surface area contributed by atoms with Gasteiger partial charge in [0.1, 0.15) is 0 Å². The fourth-order valence-electron chi connectivity index (χ4n) is 2.49. The van der Waals surface area contributed by atoms with Crippen LogP contribution in [0.4, 0.5) is 0 Å². The molecule has 1 unspecified atom stereocenters. The summed E-state index contributed by atoms with van der Waals surface area (Å²) in [5, 5.41) is 3.68. The SMILES string of the molecule is CCNCc1ccc(S(=O)(=O)N2CCCC2C)cc1Cl. The summed E-state index contributed by atoms with van der Waals surface area (Å²) in [7, 11) is -3.42. The summed E-state index contributed by atoms with van der Waals surface area (Å²) in [4.78, 5) is 0.288. The Hall–Kier alpha value is -0.620. The quantitative estimate of drug-likeness (QED) is 0.908. The highest BCUT2D eigenvalue weighted by atomic mass is 35.5. The third-order valence-electron chi connectivity index (χ3n) is 3.69. The van der Waals surface area contributed by atoms with Crippen LogP contribution in [0.2, 0.25) is 5.02 Å². The summed E-state index contributed by atoms with van der Waals surface area (Å²) in [5.41, 5.74) is 0.918. The lowest BCUT2D eigenvalue weighted by Crippen LogP contribution is -2.33. The predicted octanol–water partition coefficient (Wildman–Crippen LogP) is 2.62. The van der Waals surface area contributed by atoms with E-state index in [1.165, 1.54) is 0 Å². The van der Waals surface area contributed by atoms with Gasteiger partial charge in [-0.15, -0.1) is 0 Å². The number of nitrogens with zero attached hydrogens (tertiary/aromatic N) is 1.